The Bertz CT molecular complexity index is 741. The fourth-order valence-electron chi connectivity index (χ4n) is 3.33. The minimum Gasteiger partial charge on any atom is -0.495 e. The van der Waals surface area contributed by atoms with Crippen molar-refractivity contribution in [2.24, 2.45) is 7.05 Å². The zero-order chi connectivity index (χ0) is 17.8. The maximum Gasteiger partial charge on any atom is 0.220 e. The molecule has 1 aromatic carbocycles. The van der Waals surface area contributed by atoms with Crippen molar-refractivity contribution in [1.29, 1.82) is 0 Å². The Hall–Kier alpha value is -2.50. The molecule has 1 aromatic heterocycles. The first kappa shape index (κ1) is 17.3. The number of ether oxygens (including phenoxy) is 1. The average Bonchev–Trinajstić information content (AvgIpc) is 3.21. The second-order valence-electron chi connectivity index (χ2n) is 6.55. The van der Waals surface area contributed by atoms with Crippen molar-refractivity contribution in [2.75, 3.05) is 25.1 Å². The van der Waals surface area contributed by atoms with Gasteiger partial charge in [0.2, 0.25) is 5.91 Å². The maximum atomic E-state index is 12.3. The van der Waals surface area contributed by atoms with Crippen LogP contribution < -0.4 is 15.0 Å². The topological polar surface area (TPSA) is 59.4 Å². The van der Waals surface area contributed by atoms with Crippen molar-refractivity contribution in [3.05, 3.63) is 41.7 Å². The molecule has 0 aliphatic carbocycles. The van der Waals surface area contributed by atoms with Crippen LogP contribution in [-0.4, -0.2) is 41.9 Å². The number of anilines is 1. The minimum atomic E-state index is 0.107. The zero-order valence-electron chi connectivity index (χ0n) is 15.2. The fraction of sp³-hybridized carbons (Fsp3) is 0.474. The minimum absolute atomic E-state index is 0.107. The van der Waals surface area contributed by atoms with E-state index in [0.29, 0.717) is 6.42 Å². The van der Waals surface area contributed by atoms with Gasteiger partial charge in [-0.1, -0.05) is 12.1 Å². The third kappa shape index (κ3) is 3.95. The highest BCUT2D eigenvalue weighted by molar-refractivity contribution is 5.76. The smallest absolute Gasteiger partial charge is 0.220 e. The van der Waals surface area contributed by atoms with Crippen LogP contribution in [0.2, 0.25) is 0 Å². The maximum absolute atomic E-state index is 12.3. The summed E-state index contributed by atoms with van der Waals surface area (Å²) in [5.74, 6) is 0.983. The van der Waals surface area contributed by atoms with Crippen LogP contribution in [0.1, 0.15) is 24.1 Å². The lowest BCUT2D eigenvalue weighted by Gasteiger charge is -2.21. The predicted molar refractivity (Wildman–Crippen MR) is 98.0 cm³/mol. The van der Waals surface area contributed by atoms with Crippen molar-refractivity contribution in [1.82, 2.24) is 15.1 Å². The third-order valence-corrected chi connectivity index (χ3v) is 4.94. The van der Waals surface area contributed by atoms with E-state index in [2.05, 4.69) is 21.4 Å². The van der Waals surface area contributed by atoms with E-state index >= 15 is 0 Å². The van der Waals surface area contributed by atoms with Crippen LogP contribution in [0.5, 0.6) is 5.75 Å². The second-order valence-corrected chi connectivity index (χ2v) is 6.55. The van der Waals surface area contributed by atoms with Crippen LogP contribution in [0.3, 0.4) is 0 Å². The number of aryl methyl sites for hydroxylation is 2. The summed E-state index contributed by atoms with van der Waals surface area (Å²) < 4.78 is 7.28. The molecule has 0 unspecified atom stereocenters. The van der Waals surface area contributed by atoms with Gasteiger partial charge in [-0.25, -0.2) is 0 Å². The van der Waals surface area contributed by atoms with Gasteiger partial charge in [-0.05, 0) is 37.5 Å². The normalized spacial score (nSPS) is 16.9. The van der Waals surface area contributed by atoms with E-state index in [9.17, 15) is 4.79 Å². The van der Waals surface area contributed by atoms with Gasteiger partial charge in [-0.15, -0.1) is 0 Å². The lowest BCUT2D eigenvalue weighted by molar-refractivity contribution is -0.121. The SMILES string of the molecule is COc1ccccc1N1CC[C@@H](NC(=O)CCc2cnn(C)c2C)C1. The number of benzene rings is 1. The molecule has 1 aliphatic rings. The number of amides is 1. The number of methoxy groups -OCH3 is 1. The number of aromatic nitrogens is 2. The molecule has 0 spiro atoms. The number of rotatable bonds is 6. The fourth-order valence-corrected chi connectivity index (χ4v) is 3.33. The monoisotopic (exact) mass is 342 g/mol. The Morgan fingerprint density at radius 2 is 2.20 bits per heavy atom. The first-order valence-electron chi connectivity index (χ1n) is 8.73. The first-order chi connectivity index (χ1) is 12.1. The molecule has 3 rings (SSSR count). The summed E-state index contributed by atoms with van der Waals surface area (Å²) in [4.78, 5) is 14.5. The Labute approximate surface area is 148 Å². The summed E-state index contributed by atoms with van der Waals surface area (Å²) in [6, 6.07) is 8.21. The standard InChI is InChI=1S/C19H26N4O2/c1-14-15(12-20-22(14)2)8-9-19(24)21-16-10-11-23(13-16)17-6-4-5-7-18(17)25-3/h4-7,12,16H,8-11,13H2,1-3H3,(H,21,24)/t16-/m1/s1. The molecule has 0 radical (unpaired) electrons. The molecule has 1 saturated heterocycles. The van der Waals surface area contributed by atoms with Crippen molar-refractivity contribution in [2.45, 2.75) is 32.2 Å². The van der Waals surface area contributed by atoms with E-state index in [-0.39, 0.29) is 11.9 Å². The molecule has 6 nitrogen and oxygen atoms in total. The van der Waals surface area contributed by atoms with E-state index in [1.165, 1.54) is 0 Å². The van der Waals surface area contributed by atoms with Crippen molar-refractivity contribution < 1.29 is 9.53 Å². The van der Waals surface area contributed by atoms with E-state index in [1.54, 1.807) is 7.11 Å². The van der Waals surface area contributed by atoms with Crippen LogP contribution in [0.25, 0.3) is 0 Å². The average molecular weight is 342 g/mol. The molecular formula is C19H26N4O2. The van der Waals surface area contributed by atoms with Gasteiger partial charge in [0.15, 0.2) is 0 Å². The van der Waals surface area contributed by atoms with Crippen LogP contribution in [0, 0.1) is 6.92 Å². The number of nitrogens with one attached hydrogen (secondary N) is 1. The van der Waals surface area contributed by atoms with E-state index in [1.807, 2.05) is 43.0 Å². The molecule has 1 N–H and O–H groups in total. The lowest BCUT2D eigenvalue weighted by Crippen LogP contribution is -2.37. The van der Waals surface area contributed by atoms with Crippen molar-refractivity contribution in [3.8, 4) is 5.75 Å². The molecule has 0 bridgehead atoms. The van der Waals surface area contributed by atoms with Gasteiger partial charge in [-0.3, -0.25) is 9.48 Å². The van der Waals surface area contributed by atoms with Crippen molar-refractivity contribution in [3.63, 3.8) is 0 Å². The summed E-state index contributed by atoms with van der Waals surface area (Å²) in [5, 5.41) is 7.39. The molecule has 1 atom stereocenters. The highest BCUT2D eigenvalue weighted by Crippen LogP contribution is 2.30. The quantitative estimate of drug-likeness (QED) is 0.873. The molecule has 1 aliphatic heterocycles. The van der Waals surface area contributed by atoms with Gasteiger partial charge >= 0.3 is 0 Å². The number of para-hydroxylation sites is 2. The number of carbonyl (C=O) groups excluding carboxylic acids is 1. The Morgan fingerprint density at radius 1 is 1.40 bits per heavy atom. The van der Waals surface area contributed by atoms with Crippen LogP contribution >= 0.6 is 0 Å². The van der Waals surface area contributed by atoms with Gasteiger partial charge in [0.25, 0.3) is 0 Å². The molecule has 0 saturated carbocycles. The Morgan fingerprint density at radius 3 is 2.92 bits per heavy atom. The summed E-state index contributed by atoms with van der Waals surface area (Å²) in [7, 11) is 3.61. The Kier molecular flexibility index (Phi) is 5.26. The molecule has 134 valence electrons. The molecule has 2 aromatic rings. The van der Waals surface area contributed by atoms with Gasteiger partial charge in [0, 0.05) is 38.3 Å². The van der Waals surface area contributed by atoms with E-state index in [4.69, 9.17) is 4.74 Å². The van der Waals surface area contributed by atoms with E-state index < -0.39 is 0 Å². The summed E-state index contributed by atoms with van der Waals surface area (Å²) in [6.07, 6.45) is 4.03. The molecule has 6 heteroatoms. The zero-order valence-corrected chi connectivity index (χ0v) is 15.2. The second kappa shape index (κ2) is 7.59. The van der Waals surface area contributed by atoms with Crippen molar-refractivity contribution >= 4 is 11.6 Å². The number of carbonyl (C=O) groups is 1. The van der Waals surface area contributed by atoms with Crippen LogP contribution in [0.15, 0.2) is 30.5 Å². The van der Waals surface area contributed by atoms with Gasteiger partial charge in [0.05, 0.1) is 19.0 Å². The lowest BCUT2D eigenvalue weighted by atomic mass is 10.1. The van der Waals surface area contributed by atoms with Gasteiger partial charge < -0.3 is 15.0 Å². The summed E-state index contributed by atoms with van der Waals surface area (Å²) >= 11 is 0. The van der Waals surface area contributed by atoms with Crippen LogP contribution in [0.4, 0.5) is 5.69 Å². The number of nitrogens with zero attached hydrogens (tertiary/aromatic N) is 3. The highest BCUT2D eigenvalue weighted by Gasteiger charge is 2.25. The summed E-state index contributed by atoms with van der Waals surface area (Å²) in [5.41, 5.74) is 3.35. The molecule has 2 heterocycles. The molecule has 25 heavy (non-hydrogen) atoms. The van der Waals surface area contributed by atoms with E-state index in [0.717, 1.165) is 48.6 Å². The molecule has 1 fully saturated rings. The van der Waals surface area contributed by atoms with Crippen LogP contribution in [-0.2, 0) is 18.3 Å². The molecular weight excluding hydrogens is 316 g/mol. The first-order valence-corrected chi connectivity index (χ1v) is 8.73. The predicted octanol–water partition coefficient (Wildman–Crippen LogP) is 2.06. The number of hydrogen-bond acceptors (Lipinski definition) is 4. The van der Waals surface area contributed by atoms with Gasteiger partial charge in [0.1, 0.15) is 5.75 Å². The number of hydrogen-bond donors (Lipinski definition) is 1. The largest absolute Gasteiger partial charge is 0.495 e. The third-order valence-electron chi connectivity index (χ3n) is 4.94. The summed E-state index contributed by atoms with van der Waals surface area (Å²) in [6.45, 7) is 3.77. The molecule has 1 amide bonds. The Balaban J connectivity index is 1.51. The van der Waals surface area contributed by atoms with Gasteiger partial charge in [-0.2, -0.15) is 5.10 Å². The highest BCUT2D eigenvalue weighted by atomic mass is 16.5.